The number of hydrogen-bond acceptors (Lipinski definition) is 4. The quantitative estimate of drug-likeness (QED) is 0.492. The number of ether oxygens (including phenoxy) is 2. The Morgan fingerprint density at radius 1 is 1.04 bits per heavy atom. The van der Waals surface area contributed by atoms with Gasteiger partial charge in [-0.25, -0.2) is 0 Å². The van der Waals surface area contributed by atoms with E-state index in [0.29, 0.717) is 36.7 Å². The second-order valence-electron chi connectivity index (χ2n) is 7.19. The molecule has 1 N–H and O–H groups in total. The summed E-state index contributed by atoms with van der Waals surface area (Å²) < 4.78 is 10.9. The van der Waals surface area contributed by atoms with Crippen LogP contribution < -0.4 is 14.8 Å². The van der Waals surface area contributed by atoms with E-state index in [1.807, 2.05) is 24.3 Å². The van der Waals surface area contributed by atoms with Crippen LogP contribution in [0.1, 0.15) is 54.6 Å². The van der Waals surface area contributed by atoms with Gasteiger partial charge >= 0.3 is 0 Å². The van der Waals surface area contributed by atoms with Gasteiger partial charge < -0.3 is 14.8 Å². The van der Waals surface area contributed by atoms with E-state index >= 15 is 0 Å². The third kappa shape index (κ3) is 5.59. The number of benzene rings is 2. The van der Waals surface area contributed by atoms with E-state index in [-0.39, 0.29) is 17.7 Å². The Hall–Kier alpha value is -2.82. The Morgan fingerprint density at radius 3 is 2.25 bits per heavy atom. The molecule has 1 amide bonds. The second kappa shape index (κ2) is 9.40. The number of Topliss-reactive ketones (excluding diaryl/α,β-unsaturated/α-hetero) is 1. The summed E-state index contributed by atoms with van der Waals surface area (Å²) in [6.07, 6.45) is 3.36. The predicted octanol–water partition coefficient (Wildman–Crippen LogP) is 4.32. The van der Waals surface area contributed by atoms with Crippen LogP contribution in [0.15, 0.2) is 48.5 Å². The lowest BCUT2D eigenvalue weighted by atomic mass is 10.0. The molecule has 1 aliphatic rings. The first-order chi connectivity index (χ1) is 13.6. The van der Waals surface area contributed by atoms with Crippen molar-refractivity contribution in [3.63, 3.8) is 0 Å². The van der Waals surface area contributed by atoms with Crippen LogP contribution in [0.2, 0.25) is 0 Å². The highest BCUT2D eigenvalue weighted by atomic mass is 16.5. The van der Waals surface area contributed by atoms with Gasteiger partial charge in [-0.05, 0) is 74.1 Å². The summed E-state index contributed by atoms with van der Waals surface area (Å²) in [7, 11) is 1.65. The maximum Gasteiger partial charge on any atom is 0.220 e. The molecule has 5 heteroatoms. The summed E-state index contributed by atoms with van der Waals surface area (Å²) in [6.45, 7) is 2.00. The number of methoxy groups -OCH3 is 1. The fourth-order valence-electron chi connectivity index (χ4n) is 3.17. The topological polar surface area (TPSA) is 64.6 Å². The number of hydrogen-bond donors (Lipinski definition) is 1. The number of ketones is 1. The van der Waals surface area contributed by atoms with Crippen LogP contribution in [-0.4, -0.2) is 25.4 Å². The molecule has 1 unspecified atom stereocenters. The van der Waals surface area contributed by atoms with Crippen molar-refractivity contribution in [1.29, 1.82) is 0 Å². The van der Waals surface area contributed by atoms with Crippen molar-refractivity contribution in [2.45, 2.75) is 38.6 Å². The van der Waals surface area contributed by atoms with Gasteiger partial charge in [0.2, 0.25) is 5.91 Å². The summed E-state index contributed by atoms with van der Waals surface area (Å²) in [6, 6.07) is 15.0. The fraction of sp³-hybridized carbons (Fsp3) is 0.391. The molecule has 5 nitrogen and oxygen atoms in total. The molecule has 1 aliphatic carbocycles. The summed E-state index contributed by atoms with van der Waals surface area (Å²) >= 11 is 0. The van der Waals surface area contributed by atoms with Crippen molar-refractivity contribution in [3.8, 4) is 11.5 Å². The van der Waals surface area contributed by atoms with Gasteiger partial charge in [0.25, 0.3) is 0 Å². The highest BCUT2D eigenvalue weighted by Crippen LogP contribution is 2.41. The zero-order chi connectivity index (χ0) is 19.9. The smallest absolute Gasteiger partial charge is 0.220 e. The molecule has 2 aromatic carbocycles. The minimum atomic E-state index is 0.0327. The average molecular weight is 381 g/mol. The van der Waals surface area contributed by atoms with E-state index < -0.39 is 0 Å². The standard InChI is InChI=1S/C23H27NO4/c1-16(25)17-7-13-21(14-8-17)28-15-3-4-22(26)24-23(18-5-6-18)19-9-11-20(27-2)12-10-19/h7-14,18,23H,3-6,15H2,1-2H3,(H,24,26). The molecule has 148 valence electrons. The zero-order valence-electron chi connectivity index (χ0n) is 16.4. The van der Waals surface area contributed by atoms with Crippen LogP contribution in [-0.2, 0) is 4.79 Å². The lowest BCUT2D eigenvalue weighted by Gasteiger charge is -2.19. The monoisotopic (exact) mass is 381 g/mol. The fourth-order valence-corrected chi connectivity index (χ4v) is 3.17. The molecule has 0 radical (unpaired) electrons. The van der Waals surface area contributed by atoms with Crippen molar-refractivity contribution in [3.05, 3.63) is 59.7 Å². The van der Waals surface area contributed by atoms with Crippen molar-refractivity contribution in [2.24, 2.45) is 5.92 Å². The van der Waals surface area contributed by atoms with Crippen LogP contribution in [0.5, 0.6) is 11.5 Å². The molecule has 0 saturated heterocycles. The Morgan fingerprint density at radius 2 is 1.68 bits per heavy atom. The third-order valence-corrected chi connectivity index (χ3v) is 4.96. The lowest BCUT2D eigenvalue weighted by Crippen LogP contribution is -2.29. The summed E-state index contributed by atoms with van der Waals surface area (Å²) in [4.78, 5) is 23.7. The predicted molar refractivity (Wildman–Crippen MR) is 108 cm³/mol. The molecule has 1 atom stereocenters. The van der Waals surface area contributed by atoms with Gasteiger partial charge in [-0.1, -0.05) is 12.1 Å². The van der Waals surface area contributed by atoms with Gasteiger partial charge in [0.05, 0.1) is 19.8 Å². The summed E-state index contributed by atoms with van der Waals surface area (Å²) in [5.74, 6) is 2.12. The van der Waals surface area contributed by atoms with Crippen molar-refractivity contribution in [2.75, 3.05) is 13.7 Å². The molecule has 3 rings (SSSR count). The second-order valence-corrected chi connectivity index (χ2v) is 7.19. The minimum absolute atomic E-state index is 0.0327. The molecule has 0 spiro atoms. The highest BCUT2D eigenvalue weighted by molar-refractivity contribution is 5.94. The maximum atomic E-state index is 12.4. The molecule has 0 aromatic heterocycles. The SMILES string of the molecule is COc1ccc(C(NC(=O)CCCOc2ccc(C(C)=O)cc2)C2CC2)cc1. The molecule has 1 saturated carbocycles. The van der Waals surface area contributed by atoms with E-state index in [0.717, 1.165) is 24.2 Å². The van der Waals surface area contributed by atoms with Crippen molar-refractivity contribution < 1.29 is 19.1 Å². The van der Waals surface area contributed by atoms with Crippen LogP contribution >= 0.6 is 0 Å². The largest absolute Gasteiger partial charge is 0.497 e. The molecular formula is C23H27NO4. The van der Waals surface area contributed by atoms with Crippen LogP contribution in [0.4, 0.5) is 0 Å². The Labute approximate surface area is 166 Å². The van der Waals surface area contributed by atoms with Crippen LogP contribution in [0.25, 0.3) is 0 Å². The first-order valence-corrected chi connectivity index (χ1v) is 9.74. The van der Waals surface area contributed by atoms with Gasteiger partial charge in [-0.3, -0.25) is 9.59 Å². The van der Waals surface area contributed by atoms with Crippen molar-refractivity contribution >= 4 is 11.7 Å². The molecule has 0 bridgehead atoms. The Balaban J connectivity index is 1.44. The number of amides is 1. The number of rotatable bonds is 10. The van der Waals surface area contributed by atoms with Gasteiger partial charge in [-0.15, -0.1) is 0 Å². The summed E-state index contributed by atoms with van der Waals surface area (Å²) in [5.41, 5.74) is 1.79. The third-order valence-electron chi connectivity index (χ3n) is 4.96. The first-order valence-electron chi connectivity index (χ1n) is 9.74. The highest BCUT2D eigenvalue weighted by Gasteiger charge is 2.33. The van der Waals surface area contributed by atoms with Crippen LogP contribution in [0, 0.1) is 5.92 Å². The molecule has 2 aromatic rings. The Bertz CT molecular complexity index is 794. The van der Waals surface area contributed by atoms with Gasteiger partial charge in [0, 0.05) is 12.0 Å². The molecule has 1 fully saturated rings. The van der Waals surface area contributed by atoms with Gasteiger partial charge in [-0.2, -0.15) is 0 Å². The zero-order valence-corrected chi connectivity index (χ0v) is 16.4. The first kappa shape index (κ1) is 19.9. The van der Waals surface area contributed by atoms with Gasteiger partial charge in [0.15, 0.2) is 5.78 Å². The van der Waals surface area contributed by atoms with E-state index in [4.69, 9.17) is 9.47 Å². The van der Waals surface area contributed by atoms with E-state index in [2.05, 4.69) is 5.32 Å². The van der Waals surface area contributed by atoms with Gasteiger partial charge in [0.1, 0.15) is 11.5 Å². The normalized spacial score (nSPS) is 14.2. The molecular weight excluding hydrogens is 354 g/mol. The summed E-state index contributed by atoms with van der Waals surface area (Å²) in [5, 5.41) is 3.18. The number of nitrogens with one attached hydrogen (secondary N) is 1. The van der Waals surface area contributed by atoms with E-state index in [1.54, 1.807) is 31.4 Å². The van der Waals surface area contributed by atoms with Crippen LogP contribution in [0.3, 0.4) is 0 Å². The number of carbonyl (C=O) groups is 2. The van der Waals surface area contributed by atoms with Crippen molar-refractivity contribution in [1.82, 2.24) is 5.32 Å². The van der Waals surface area contributed by atoms with E-state index in [1.165, 1.54) is 6.92 Å². The maximum absolute atomic E-state index is 12.4. The van der Waals surface area contributed by atoms with E-state index in [9.17, 15) is 9.59 Å². The molecule has 0 heterocycles. The number of carbonyl (C=O) groups excluding carboxylic acids is 2. The molecule has 0 aliphatic heterocycles. The minimum Gasteiger partial charge on any atom is -0.497 e. The Kier molecular flexibility index (Phi) is 6.69. The lowest BCUT2D eigenvalue weighted by molar-refractivity contribution is -0.122. The molecule has 28 heavy (non-hydrogen) atoms. The average Bonchev–Trinajstić information content (AvgIpc) is 3.55.